The molecule has 0 bridgehead atoms. The Kier molecular flexibility index (Phi) is 4.73. The normalized spacial score (nSPS) is 24.9. The van der Waals surface area contributed by atoms with E-state index >= 15 is 0 Å². The molecule has 92 valence electrons. The first-order valence-electron chi connectivity index (χ1n) is 5.72. The molecule has 0 aromatic heterocycles. The Labute approximate surface area is 96.6 Å². The lowest BCUT2D eigenvalue weighted by Gasteiger charge is -2.26. The van der Waals surface area contributed by atoms with Gasteiger partial charge in [-0.05, 0) is 19.8 Å². The molecular formula is C11H21N3O2. The van der Waals surface area contributed by atoms with Gasteiger partial charge in [0, 0.05) is 26.7 Å². The van der Waals surface area contributed by atoms with Gasteiger partial charge in [0.1, 0.15) is 0 Å². The molecule has 2 atom stereocenters. The minimum absolute atomic E-state index is 0.00571. The van der Waals surface area contributed by atoms with Crippen molar-refractivity contribution in [1.82, 2.24) is 15.5 Å². The summed E-state index contributed by atoms with van der Waals surface area (Å²) in [6.07, 6.45) is 1.91. The smallest absolute Gasteiger partial charge is 0.241 e. The highest BCUT2D eigenvalue weighted by molar-refractivity contribution is 5.85. The molecule has 1 rings (SSSR count). The summed E-state index contributed by atoms with van der Waals surface area (Å²) in [6, 6.07) is 0.493. The van der Waals surface area contributed by atoms with Crippen LogP contribution in [-0.2, 0) is 9.59 Å². The summed E-state index contributed by atoms with van der Waals surface area (Å²) in [4.78, 5) is 24.5. The Bertz CT molecular complexity index is 258. The molecular weight excluding hydrogens is 206 g/mol. The average Bonchev–Trinajstić information content (AvgIpc) is 2.26. The fourth-order valence-corrected chi connectivity index (χ4v) is 1.69. The number of carbonyl (C=O) groups is 2. The third-order valence-corrected chi connectivity index (χ3v) is 2.94. The van der Waals surface area contributed by atoms with Crippen LogP contribution in [0.2, 0.25) is 0 Å². The summed E-state index contributed by atoms with van der Waals surface area (Å²) in [7, 11) is 3.36. The van der Waals surface area contributed by atoms with Crippen molar-refractivity contribution in [2.24, 2.45) is 5.92 Å². The van der Waals surface area contributed by atoms with E-state index in [0.29, 0.717) is 12.6 Å². The van der Waals surface area contributed by atoms with Crippen LogP contribution in [-0.4, -0.2) is 49.9 Å². The highest BCUT2D eigenvalue weighted by Crippen LogP contribution is 2.13. The molecule has 1 aliphatic heterocycles. The van der Waals surface area contributed by atoms with Crippen molar-refractivity contribution in [2.45, 2.75) is 25.8 Å². The van der Waals surface area contributed by atoms with Crippen LogP contribution in [0, 0.1) is 5.92 Å². The first-order chi connectivity index (χ1) is 7.50. The van der Waals surface area contributed by atoms with Gasteiger partial charge >= 0.3 is 0 Å². The van der Waals surface area contributed by atoms with Gasteiger partial charge in [-0.3, -0.25) is 9.59 Å². The van der Waals surface area contributed by atoms with Gasteiger partial charge in [-0.15, -0.1) is 0 Å². The number of amides is 2. The lowest BCUT2D eigenvalue weighted by Crippen LogP contribution is -2.46. The van der Waals surface area contributed by atoms with Crippen molar-refractivity contribution in [3.05, 3.63) is 0 Å². The van der Waals surface area contributed by atoms with E-state index in [0.717, 1.165) is 12.8 Å². The zero-order valence-corrected chi connectivity index (χ0v) is 10.2. The zero-order chi connectivity index (χ0) is 12.1. The minimum Gasteiger partial charge on any atom is -0.347 e. The number of hydrogen-bond acceptors (Lipinski definition) is 3. The first kappa shape index (κ1) is 13.0. The fourth-order valence-electron chi connectivity index (χ4n) is 1.69. The molecule has 1 aliphatic rings. The predicted molar refractivity (Wildman–Crippen MR) is 61.9 cm³/mol. The monoisotopic (exact) mass is 227 g/mol. The summed E-state index contributed by atoms with van der Waals surface area (Å²) in [5.74, 6) is -0.0914. The summed E-state index contributed by atoms with van der Waals surface area (Å²) in [5.41, 5.74) is 0. The molecule has 16 heavy (non-hydrogen) atoms. The maximum Gasteiger partial charge on any atom is 0.241 e. The van der Waals surface area contributed by atoms with E-state index in [4.69, 9.17) is 0 Å². The second-order valence-electron chi connectivity index (χ2n) is 4.59. The van der Waals surface area contributed by atoms with Gasteiger partial charge in [0.25, 0.3) is 0 Å². The molecule has 0 aromatic rings. The molecule has 0 radical (unpaired) electrons. The molecule has 1 saturated heterocycles. The van der Waals surface area contributed by atoms with Crippen LogP contribution >= 0.6 is 0 Å². The first-order valence-corrected chi connectivity index (χ1v) is 5.72. The van der Waals surface area contributed by atoms with Crippen molar-refractivity contribution in [2.75, 3.05) is 27.2 Å². The highest BCUT2D eigenvalue weighted by atomic mass is 16.2. The van der Waals surface area contributed by atoms with Crippen molar-refractivity contribution < 1.29 is 9.59 Å². The number of nitrogens with one attached hydrogen (secondary N) is 2. The molecule has 0 saturated carbocycles. The summed E-state index contributed by atoms with van der Waals surface area (Å²) in [6.45, 7) is 2.92. The van der Waals surface area contributed by atoms with Gasteiger partial charge in [-0.25, -0.2) is 0 Å². The number of hydrogen-bond donors (Lipinski definition) is 2. The van der Waals surface area contributed by atoms with Crippen LogP contribution in [0.25, 0.3) is 0 Å². The molecule has 0 aromatic carbocycles. The largest absolute Gasteiger partial charge is 0.347 e. The third kappa shape index (κ3) is 3.81. The summed E-state index contributed by atoms with van der Waals surface area (Å²) >= 11 is 0. The van der Waals surface area contributed by atoms with Crippen molar-refractivity contribution in [3.8, 4) is 0 Å². The molecule has 2 amide bonds. The predicted octanol–water partition coefficient (Wildman–Crippen LogP) is -0.421. The Morgan fingerprint density at radius 3 is 2.56 bits per heavy atom. The Morgan fingerprint density at radius 2 is 2.06 bits per heavy atom. The zero-order valence-electron chi connectivity index (χ0n) is 10.2. The van der Waals surface area contributed by atoms with E-state index in [-0.39, 0.29) is 24.3 Å². The molecule has 1 heterocycles. The van der Waals surface area contributed by atoms with Crippen LogP contribution in [0.1, 0.15) is 19.8 Å². The molecule has 2 N–H and O–H groups in total. The highest BCUT2D eigenvalue weighted by Gasteiger charge is 2.23. The van der Waals surface area contributed by atoms with Gasteiger partial charge in [-0.2, -0.15) is 0 Å². The van der Waals surface area contributed by atoms with Crippen LogP contribution in [0.15, 0.2) is 0 Å². The van der Waals surface area contributed by atoms with Crippen LogP contribution in [0.4, 0.5) is 0 Å². The quantitative estimate of drug-likeness (QED) is 0.688. The van der Waals surface area contributed by atoms with Crippen LogP contribution in [0.5, 0.6) is 0 Å². The van der Waals surface area contributed by atoms with Crippen molar-refractivity contribution >= 4 is 11.8 Å². The number of likely N-dealkylation sites (N-methyl/N-ethyl adjacent to an activating group) is 1. The van der Waals surface area contributed by atoms with Crippen LogP contribution < -0.4 is 10.6 Å². The van der Waals surface area contributed by atoms with Crippen molar-refractivity contribution in [1.29, 1.82) is 0 Å². The topological polar surface area (TPSA) is 61.4 Å². The summed E-state index contributed by atoms with van der Waals surface area (Å²) < 4.78 is 0. The van der Waals surface area contributed by atoms with E-state index in [9.17, 15) is 9.59 Å². The number of carbonyl (C=O) groups excluding carboxylic acids is 2. The lowest BCUT2D eigenvalue weighted by atomic mass is 9.95. The van der Waals surface area contributed by atoms with E-state index in [1.54, 1.807) is 14.1 Å². The van der Waals surface area contributed by atoms with E-state index in [1.165, 1.54) is 4.90 Å². The number of rotatable bonds is 3. The maximum absolute atomic E-state index is 11.7. The van der Waals surface area contributed by atoms with Gasteiger partial charge < -0.3 is 15.5 Å². The van der Waals surface area contributed by atoms with E-state index in [1.807, 2.05) is 0 Å². The van der Waals surface area contributed by atoms with E-state index in [2.05, 4.69) is 17.6 Å². The minimum atomic E-state index is -0.0783. The molecule has 1 fully saturated rings. The van der Waals surface area contributed by atoms with Gasteiger partial charge in [0.15, 0.2) is 0 Å². The number of piperidine rings is 1. The van der Waals surface area contributed by atoms with Crippen LogP contribution in [0.3, 0.4) is 0 Å². The molecule has 2 unspecified atom stereocenters. The summed E-state index contributed by atoms with van der Waals surface area (Å²) in [5, 5.41) is 5.95. The Hall–Kier alpha value is -1.10. The molecule has 0 aliphatic carbocycles. The Morgan fingerprint density at radius 1 is 1.38 bits per heavy atom. The van der Waals surface area contributed by atoms with Gasteiger partial charge in [0.2, 0.25) is 11.8 Å². The maximum atomic E-state index is 11.7. The second kappa shape index (κ2) is 5.84. The molecule has 5 heteroatoms. The SMILES string of the molecule is CC1CCC(C(=O)NCC(=O)N(C)C)CN1. The Balaban J connectivity index is 2.27. The molecule has 5 nitrogen and oxygen atoms in total. The third-order valence-electron chi connectivity index (χ3n) is 2.94. The fraction of sp³-hybridized carbons (Fsp3) is 0.818. The van der Waals surface area contributed by atoms with Crippen molar-refractivity contribution in [3.63, 3.8) is 0 Å². The van der Waals surface area contributed by atoms with Gasteiger partial charge in [-0.1, -0.05) is 0 Å². The van der Waals surface area contributed by atoms with Gasteiger partial charge in [0.05, 0.1) is 12.5 Å². The number of nitrogens with zero attached hydrogens (tertiary/aromatic N) is 1. The lowest BCUT2D eigenvalue weighted by molar-refractivity contribution is -0.132. The van der Waals surface area contributed by atoms with E-state index < -0.39 is 0 Å². The standard InChI is InChI=1S/C11H21N3O2/c1-8-4-5-9(6-12-8)11(16)13-7-10(15)14(2)3/h8-9,12H,4-7H2,1-3H3,(H,13,16). The average molecular weight is 227 g/mol. The molecule has 0 spiro atoms. The second-order valence-corrected chi connectivity index (χ2v) is 4.59.